The Morgan fingerprint density at radius 3 is 2.19 bits per heavy atom. The molecule has 2 aromatic rings. The average molecular weight is 380 g/mol. The number of methoxy groups -OCH3 is 1. The Balaban J connectivity index is 1.85. The highest BCUT2D eigenvalue weighted by Gasteiger charge is 2.17. The van der Waals surface area contributed by atoms with E-state index in [9.17, 15) is 22.4 Å². The van der Waals surface area contributed by atoms with Gasteiger partial charge in [0.15, 0.2) is 9.84 Å². The molecule has 0 heterocycles. The van der Waals surface area contributed by atoms with Crippen molar-refractivity contribution >= 4 is 21.8 Å². The fourth-order valence-corrected chi connectivity index (χ4v) is 3.29. The van der Waals surface area contributed by atoms with Gasteiger partial charge in [0.25, 0.3) is 0 Å². The minimum absolute atomic E-state index is 0.0448. The van der Waals surface area contributed by atoms with E-state index in [1.165, 1.54) is 19.2 Å². The largest absolute Gasteiger partial charge is 0.465 e. The number of sulfone groups is 1. The first-order chi connectivity index (χ1) is 12.3. The third-order valence-electron chi connectivity index (χ3n) is 3.52. The van der Waals surface area contributed by atoms with E-state index in [0.717, 1.165) is 24.3 Å². The maximum Gasteiger partial charge on any atom is 0.337 e. The summed E-state index contributed by atoms with van der Waals surface area (Å²) in [5.74, 6) is -2.12. The topological polar surface area (TPSA) is 86.7 Å². The summed E-state index contributed by atoms with van der Waals surface area (Å²) in [5, 5.41) is 0. The zero-order chi connectivity index (χ0) is 19.2. The molecule has 0 aromatic heterocycles. The van der Waals surface area contributed by atoms with Crippen LogP contribution >= 0.6 is 0 Å². The molecule has 0 saturated carbocycles. The maximum absolute atomic E-state index is 12.8. The van der Waals surface area contributed by atoms with Gasteiger partial charge in [-0.25, -0.2) is 17.6 Å². The molecule has 0 radical (unpaired) electrons. The van der Waals surface area contributed by atoms with Gasteiger partial charge in [-0.3, -0.25) is 4.79 Å². The molecule has 138 valence electrons. The van der Waals surface area contributed by atoms with Crippen molar-refractivity contribution in [1.29, 1.82) is 0 Å². The standard InChI is InChI=1S/C18H17FO6S/c1-24-18(21)14-4-2-13(3-5-14)12-25-17(20)10-11-26(22,23)16-8-6-15(19)7-9-16/h2-9H,10-12H2,1H3. The van der Waals surface area contributed by atoms with Crippen LogP contribution in [0, 0.1) is 5.82 Å². The van der Waals surface area contributed by atoms with Crippen LogP contribution < -0.4 is 0 Å². The second-order valence-corrected chi connectivity index (χ2v) is 7.48. The lowest BCUT2D eigenvalue weighted by Gasteiger charge is -2.07. The molecular formula is C18H17FO6S. The highest BCUT2D eigenvalue weighted by Crippen LogP contribution is 2.13. The average Bonchev–Trinajstić information content (AvgIpc) is 2.65. The number of esters is 2. The first kappa shape index (κ1) is 19.6. The van der Waals surface area contributed by atoms with E-state index < -0.39 is 33.3 Å². The Morgan fingerprint density at radius 2 is 1.62 bits per heavy atom. The molecule has 0 spiro atoms. The summed E-state index contributed by atoms with van der Waals surface area (Å²) in [7, 11) is -2.42. The molecule has 0 aliphatic carbocycles. The fraction of sp³-hybridized carbons (Fsp3) is 0.222. The second kappa shape index (κ2) is 8.57. The zero-order valence-corrected chi connectivity index (χ0v) is 14.8. The van der Waals surface area contributed by atoms with Gasteiger partial charge in [-0.05, 0) is 42.0 Å². The summed E-state index contributed by atoms with van der Waals surface area (Å²) in [4.78, 5) is 23.0. The van der Waals surface area contributed by atoms with E-state index in [1.54, 1.807) is 12.1 Å². The summed E-state index contributed by atoms with van der Waals surface area (Å²) >= 11 is 0. The van der Waals surface area contributed by atoms with Gasteiger partial charge in [0.05, 0.1) is 29.7 Å². The summed E-state index contributed by atoms with van der Waals surface area (Å²) < 4.78 is 46.6. The molecule has 0 fully saturated rings. The highest BCUT2D eigenvalue weighted by atomic mass is 32.2. The van der Waals surface area contributed by atoms with Gasteiger partial charge < -0.3 is 9.47 Å². The van der Waals surface area contributed by atoms with Crippen molar-refractivity contribution in [2.75, 3.05) is 12.9 Å². The number of carbonyl (C=O) groups excluding carboxylic acids is 2. The van der Waals surface area contributed by atoms with E-state index in [4.69, 9.17) is 4.74 Å². The van der Waals surface area contributed by atoms with E-state index in [0.29, 0.717) is 11.1 Å². The summed E-state index contributed by atoms with van der Waals surface area (Å²) in [5.41, 5.74) is 1.01. The van der Waals surface area contributed by atoms with Crippen LogP contribution in [0.1, 0.15) is 22.3 Å². The Kier molecular flexibility index (Phi) is 6.46. The van der Waals surface area contributed by atoms with E-state index in [1.807, 2.05) is 0 Å². The van der Waals surface area contributed by atoms with Crippen molar-refractivity contribution < 1.29 is 31.9 Å². The Morgan fingerprint density at radius 1 is 1.00 bits per heavy atom. The van der Waals surface area contributed by atoms with E-state index in [-0.39, 0.29) is 17.9 Å². The lowest BCUT2D eigenvalue weighted by Crippen LogP contribution is -2.13. The molecule has 0 saturated heterocycles. The molecule has 0 N–H and O–H groups in total. The number of hydrogen-bond donors (Lipinski definition) is 0. The second-order valence-electron chi connectivity index (χ2n) is 5.37. The first-order valence-corrected chi connectivity index (χ1v) is 9.28. The van der Waals surface area contributed by atoms with Crippen molar-refractivity contribution in [2.45, 2.75) is 17.9 Å². The SMILES string of the molecule is COC(=O)c1ccc(COC(=O)CCS(=O)(=O)c2ccc(F)cc2)cc1. The Labute approximate surface area is 150 Å². The van der Waals surface area contributed by atoms with Crippen LogP contribution in [0.5, 0.6) is 0 Å². The molecule has 26 heavy (non-hydrogen) atoms. The molecule has 8 heteroatoms. The lowest BCUT2D eigenvalue weighted by atomic mass is 10.1. The number of halogens is 1. The maximum atomic E-state index is 12.8. The van der Waals surface area contributed by atoms with Gasteiger partial charge in [0.2, 0.25) is 0 Å². The third kappa shape index (κ3) is 5.38. The minimum atomic E-state index is -3.69. The fourth-order valence-electron chi connectivity index (χ4n) is 2.07. The summed E-state index contributed by atoms with van der Waals surface area (Å²) in [6.07, 6.45) is -0.319. The predicted molar refractivity (Wildman–Crippen MR) is 90.6 cm³/mol. The molecule has 0 atom stereocenters. The quantitative estimate of drug-likeness (QED) is 0.542. The normalized spacial score (nSPS) is 11.0. The van der Waals surface area contributed by atoms with Crippen LogP contribution in [0.15, 0.2) is 53.4 Å². The van der Waals surface area contributed by atoms with Gasteiger partial charge in [-0.2, -0.15) is 0 Å². The van der Waals surface area contributed by atoms with Crippen molar-refractivity contribution in [1.82, 2.24) is 0 Å². The molecule has 0 amide bonds. The minimum Gasteiger partial charge on any atom is -0.465 e. The van der Waals surface area contributed by atoms with E-state index in [2.05, 4.69) is 4.74 Å². The molecule has 2 rings (SSSR count). The highest BCUT2D eigenvalue weighted by molar-refractivity contribution is 7.91. The van der Waals surface area contributed by atoms with Crippen LogP contribution in [0.3, 0.4) is 0 Å². The first-order valence-electron chi connectivity index (χ1n) is 7.63. The van der Waals surface area contributed by atoms with Crippen LogP contribution in [0.2, 0.25) is 0 Å². The van der Waals surface area contributed by atoms with Crippen LogP contribution in [-0.4, -0.2) is 33.2 Å². The molecule has 0 aliphatic rings. The molecule has 2 aromatic carbocycles. The third-order valence-corrected chi connectivity index (χ3v) is 5.25. The van der Waals surface area contributed by atoms with Crippen molar-refractivity contribution in [3.8, 4) is 0 Å². The molecular weight excluding hydrogens is 363 g/mol. The van der Waals surface area contributed by atoms with Gasteiger partial charge in [-0.15, -0.1) is 0 Å². The summed E-state index contributed by atoms with van der Waals surface area (Å²) in [6.45, 7) is -0.0448. The van der Waals surface area contributed by atoms with Gasteiger partial charge >= 0.3 is 11.9 Å². The number of rotatable bonds is 7. The summed E-state index contributed by atoms with van der Waals surface area (Å²) in [6, 6.07) is 10.7. The smallest absolute Gasteiger partial charge is 0.337 e. The number of hydrogen-bond acceptors (Lipinski definition) is 6. The monoisotopic (exact) mass is 380 g/mol. The number of ether oxygens (including phenoxy) is 2. The van der Waals surface area contributed by atoms with Crippen molar-refractivity contribution in [3.63, 3.8) is 0 Å². The van der Waals surface area contributed by atoms with Crippen LogP contribution in [-0.2, 0) is 30.7 Å². The Bertz CT molecular complexity index is 873. The lowest BCUT2D eigenvalue weighted by molar-refractivity contribution is -0.144. The van der Waals surface area contributed by atoms with Crippen molar-refractivity contribution in [2.24, 2.45) is 0 Å². The number of benzene rings is 2. The van der Waals surface area contributed by atoms with Crippen LogP contribution in [0.25, 0.3) is 0 Å². The number of carbonyl (C=O) groups is 2. The van der Waals surface area contributed by atoms with Crippen molar-refractivity contribution in [3.05, 3.63) is 65.5 Å². The zero-order valence-electron chi connectivity index (χ0n) is 14.0. The van der Waals surface area contributed by atoms with Gasteiger partial charge in [-0.1, -0.05) is 12.1 Å². The molecule has 0 bridgehead atoms. The van der Waals surface area contributed by atoms with E-state index >= 15 is 0 Å². The van der Waals surface area contributed by atoms with Gasteiger partial charge in [0.1, 0.15) is 12.4 Å². The predicted octanol–water partition coefficient (Wildman–Crippen LogP) is 2.52. The molecule has 0 unspecified atom stereocenters. The molecule has 0 aliphatic heterocycles. The molecule has 6 nitrogen and oxygen atoms in total. The Hall–Kier alpha value is -2.74. The van der Waals surface area contributed by atoms with Crippen LogP contribution in [0.4, 0.5) is 4.39 Å². The van der Waals surface area contributed by atoms with Gasteiger partial charge in [0, 0.05) is 0 Å².